The smallest absolute Gasteiger partial charge is 0.418 e. The summed E-state index contributed by atoms with van der Waals surface area (Å²) in [6, 6.07) is 33.8. The first kappa shape index (κ1) is 37.7. The van der Waals surface area contributed by atoms with Gasteiger partial charge in [0.25, 0.3) is 0 Å². The number of benzene rings is 6. The first-order chi connectivity index (χ1) is 26.5. The molecule has 0 radical (unpaired) electrons. The molecule has 0 spiro atoms. The summed E-state index contributed by atoms with van der Waals surface area (Å²) in [7, 11) is 0. The number of para-hydroxylation sites is 2. The van der Waals surface area contributed by atoms with Gasteiger partial charge in [-0.15, -0.1) is 0 Å². The van der Waals surface area contributed by atoms with Crippen molar-refractivity contribution in [3.05, 3.63) is 189 Å². The van der Waals surface area contributed by atoms with Gasteiger partial charge < -0.3 is 20.8 Å². The van der Waals surface area contributed by atoms with E-state index in [1.54, 1.807) is 48.5 Å². The number of nitrogens with one attached hydrogen (secondary N) is 2. The minimum atomic E-state index is -4.60. The van der Waals surface area contributed by atoms with E-state index >= 15 is 0 Å². The van der Waals surface area contributed by atoms with Crippen LogP contribution in [0.15, 0.2) is 133 Å². The molecule has 2 heterocycles. The highest BCUT2D eigenvalue weighted by Crippen LogP contribution is 2.53. The zero-order valence-corrected chi connectivity index (χ0v) is 29.7. The Balaban J connectivity index is 0.000000172. The summed E-state index contributed by atoms with van der Waals surface area (Å²) in [6.07, 6.45) is -9.20. The van der Waals surface area contributed by atoms with Crippen LogP contribution in [0.3, 0.4) is 0 Å². The third-order valence-electron chi connectivity index (χ3n) is 10.3. The number of phenolic OH excluding ortho intramolecular Hbond substituents is 2. The molecule has 0 fully saturated rings. The summed E-state index contributed by atoms with van der Waals surface area (Å²) in [5.41, 5.74) is -0.647. The van der Waals surface area contributed by atoms with Gasteiger partial charge in [-0.05, 0) is 72.5 Å². The second-order valence-corrected chi connectivity index (χ2v) is 13.7. The first-order valence-electron chi connectivity index (χ1n) is 17.3. The average molecular weight is 767 g/mol. The van der Waals surface area contributed by atoms with Crippen LogP contribution in [-0.2, 0) is 32.8 Å². The summed E-state index contributed by atoms with van der Waals surface area (Å²) >= 11 is 0. The summed E-state index contributed by atoms with van der Waals surface area (Å²) in [4.78, 5) is 26.5. The van der Waals surface area contributed by atoms with Crippen molar-refractivity contribution in [3.8, 4) is 11.5 Å². The van der Waals surface area contributed by atoms with Crippen molar-refractivity contribution in [1.29, 1.82) is 0 Å². The molecule has 8 rings (SSSR count). The molecule has 6 aromatic rings. The molecule has 0 saturated heterocycles. The fourth-order valence-electron chi connectivity index (χ4n) is 7.64. The fourth-order valence-corrected chi connectivity index (χ4v) is 7.64. The molecule has 2 aliphatic heterocycles. The van der Waals surface area contributed by atoms with Crippen LogP contribution in [0.25, 0.3) is 0 Å². The van der Waals surface area contributed by atoms with Crippen LogP contribution >= 0.6 is 0 Å². The molecule has 4 N–H and O–H groups in total. The van der Waals surface area contributed by atoms with Gasteiger partial charge in [0.2, 0.25) is 11.8 Å². The normalized spacial score (nSPS) is 18.6. The molecule has 2 unspecified atom stereocenters. The number of fused-ring (bicyclic) bond motifs is 2. The highest BCUT2D eigenvalue weighted by Gasteiger charge is 2.54. The van der Waals surface area contributed by atoms with Gasteiger partial charge in [-0.3, -0.25) is 9.59 Å². The molecule has 2 amide bonds. The van der Waals surface area contributed by atoms with Gasteiger partial charge in [0, 0.05) is 11.1 Å². The van der Waals surface area contributed by atoms with E-state index in [0.29, 0.717) is 22.3 Å². The van der Waals surface area contributed by atoms with E-state index in [9.17, 15) is 46.1 Å². The maximum atomic E-state index is 13.5. The van der Waals surface area contributed by atoms with Gasteiger partial charge in [-0.1, -0.05) is 108 Å². The van der Waals surface area contributed by atoms with Crippen LogP contribution in [0, 0.1) is 13.8 Å². The predicted octanol–water partition coefficient (Wildman–Crippen LogP) is 10.0. The lowest BCUT2D eigenvalue weighted by molar-refractivity contribution is -0.137. The van der Waals surface area contributed by atoms with Crippen molar-refractivity contribution < 1.29 is 46.1 Å². The van der Waals surface area contributed by atoms with Gasteiger partial charge >= 0.3 is 12.4 Å². The minimum absolute atomic E-state index is 0.00507. The number of amides is 2. The summed E-state index contributed by atoms with van der Waals surface area (Å²) in [5.74, 6) is -1.11. The monoisotopic (exact) mass is 766 g/mol. The molecule has 0 bridgehead atoms. The quantitative estimate of drug-likeness (QED) is 0.134. The van der Waals surface area contributed by atoms with Crippen LogP contribution in [0.1, 0.15) is 55.6 Å². The van der Waals surface area contributed by atoms with E-state index in [1.165, 1.54) is 48.5 Å². The van der Waals surface area contributed by atoms with Crippen molar-refractivity contribution in [2.45, 2.75) is 37.0 Å². The number of alkyl halides is 6. The van der Waals surface area contributed by atoms with E-state index in [2.05, 4.69) is 10.6 Å². The largest absolute Gasteiger partial charge is 0.508 e. The molecule has 6 aromatic carbocycles. The second-order valence-electron chi connectivity index (χ2n) is 13.7. The average Bonchev–Trinajstić information content (AvgIpc) is 3.63. The van der Waals surface area contributed by atoms with E-state index in [-0.39, 0.29) is 34.0 Å². The van der Waals surface area contributed by atoms with E-state index in [0.717, 1.165) is 23.3 Å². The zero-order chi connectivity index (χ0) is 40.2. The highest BCUT2D eigenvalue weighted by molar-refractivity contribution is 6.13. The Hall–Kier alpha value is -6.56. The molecule has 0 saturated carbocycles. The SMILES string of the molecule is Cc1ccc(C2(c3ccc(O)cc3)C(=O)Nc3c(C(F)(F)F)cccc32)cc1.Cc1ccc(C2(c3ccc(O)cc3)C(=O)Nc3c(C(F)(F)F)cccc32)cc1. The number of anilines is 2. The number of hydrogen-bond donors (Lipinski definition) is 4. The molecular formula is C44H32F6N2O4. The first-order valence-corrected chi connectivity index (χ1v) is 17.3. The molecule has 56 heavy (non-hydrogen) atoms. The molecular weight excluding hydrogens is 734 g/mol. The number of carbonyl (C=O) groups excluding carboxylic acids is 2. The third kappa shape index (κ3) is 6.11. The number of hydrogen-bond acceptors (Lipinski definition) is 4. The second kappa shape index (κ2) is 13.6. The number of aryl methyl sites for hydroxylation is 2. The van der Waals surface area contributed by atoms with Crippen LogP contribution < -0.4 is 10.6 Å². The number of carbonyl (C=O) groups is 2. The molecule has 2 aliphatic rings. The van der Waals surface area contributed by atoms with Crippen LogP contribution in [0.5, 0.6) is 11.5 Å². The van der Waals surface area contributed by atoms with Gasteiger partial charge in [0.1, 0.15) is 22.3 Å². The van der Waals surface area contributed by atoms with Crippen LogP contribution in [0.2, 0.25) is 0 Å². The minimum Gasteiger partial charge on any atom is -0.508 e. The number of aromatic hydroxyl groups is 2. The Morgan fingerprint density at radius 2 is 0.732 bits per heavy atom. The van der Waals surface area contributed by atoms with Crippen LogP contribution in [0.4, 0.5) is 37.7 Å². The molecule has 284 valence electrons. The fraction of sp³-hybridized carbons (Fsp3) is 0.136. The maximum absolute atomic E-state index is 13.5. The topological polar surface area (TPSA) is 98.7 Å². The summed E-state index contributed by atoms with van der Waals surface area (Å²) in [5, 5.41) is 24.2. The number of phenols is 2. The van der Waals surface area contributed by atoms with E-state index < -0.39 is 46.1 Å². The Morgan fingerprint density at radius 3 is 1.02 bits per heavy atom. The number of halogens is 6. The van der Waals surface area contributed by atoms with Crippen molar-refractivity contribution in [3.63, 3.8) is 0 Å². The molecule has 12 heteroatoms. The van der Waals surface area contributed by atoms with Gasteiger partial charge in [0.15, 0.2) is 0 Å². The van der Waals surface area contributed by atoms with E-state index in [1.807, 2.05) is 38.1 Å². The standard InChI is InChI=1S/2C22H16F3NO2/c2*1-13-5-7-14(8-6-13)21(15-9-11-16(27)12-10-15)17-3-2-4-18(22(23,24)25)19(17)26-20(21)28/h2*2-12,27H,1H3,(H,26,28). The number of rotatable bonds is 4. The lowest BCUT2D eigenvalue weighted by Gasteiger charge is -2.29. The third-order valence-corrected chi connectivity index (χ3v) is 10.3. The Labute approximate surface area is 317 Å². The molecule has 0 aliphatic carbocycles. The lowest BCUT2D eigenvalue weighted by atomic mass is 9.70. The van der Waals surface area contributed by atoms with E-state index in [4.69, 9.17) is 0 Å². The lowest BCUT2D eigenvalue weighted by Crippen LogP contribution is -2.36. The Kier molecular flexibility index (Phi) is 9.19. The van der Waals surface area contributed by atoms with Crippen molar-refractivity contribution >= 4 is 23.2 Å². The zero-order valence-electron chi connectivity index (χ0n) is 29.7. The van der Waals surface area contributed by atoms with Crippen LogP contribution in [-0.4, -0.2) is 22.0 Å². The van der Waals surface area contributed by atoms with Crippen molar-refractivity contribution in [2.75, 3.05) is 10.6 Å². The van der Waals surface area contributed by atoms with Crippen molar-refractivity contribution in [2.24, 2.45) is 0 Å². The molecule has 2 atom stereocenters. The van der Waals surface area contributed by atoms with Crippen molar-refractivity contribution in [1.82, 2.24) is 0 Å². The highest BCUT2D eigenvalue weighted by atomic mass is 19.4. The Bertz CT molecular complexity index is 2190. The van der Waals surface area contributed by atoms with Gasteiger partial charge in [0.05, 0.1) is 22.5 Å². The maximum Gasteiger partial charge on any atom is 0.418 e. The Morgan fingerprint density at radius 1 is 0.446 bits per heavy atom. The molecule has 6 nitrogen and oxygen atoms in total. The van der Waals surface area contributed by atoms with Gasteiger partial charge in [-0.25, -0.2) is 0 Å². The predicted molar refractivity (Wildman–Crippen MR) is 198 cm³/mol. The summed E-state index contributed by atoms with van der Waals surface area (Å²) in [6.45, 7) is 3.78. The molecule has 0 aromatic heterocycles. The summed E-state index contributed by atoms with van der Waals surface area (Å²) < 4.78 is 81.3. The van der Waals surface area contributed by atoms with Gasteiger partial charge in [-0.2, -0.15) is 26.3 Å².